The van der Waals surface area contributed by atoms with Crippen LogP contribution in [0.2, 0.25) is 0 Å². The number of halogens is 2. The summed E-state index contributed by atoms with van der Waals surface area (Å²) < 4.78 is 12.7. The summed E-state index contributed by atoms with van der Waals surface area (Å²) in [6, 6.07) is 21.1. The maximum Gasteiger partial charge on any atom is 0.262 e. The molecule has 0 heterocycles. The smallest absolute Gasteiger partial charge is 0.262 e. The fourth-order valence-electron chi connectivity index (χ4n) is 2.75. The summed E-state index contributed by atoms with van der Waals surface area (Å²) in [6.45, 7) is 3.16. The van der Waals surface area contributed by atoms with E-state index < -0.39 is 0 Å². The minimum Gasteiger partial charge on any atom is -0.494 e. The SMILES string of the molecule is CCOc1ccc(NCc2cc(Br)c(OCC(=O)Nc3ccccc3)c(Br)c2)cc1. The lowest BCUT2D eigenvalue weighted by molar-refractivity contribution is -0.118. The molecule has 0 atom stereocenters. The Balaban J connectivity index is 1.56. The molecular weight excluding hydrogens is 512 g/mol. The number of benzene rings is 3. The van der Waals surface area contributed by atoms with Gasteiger partial charge in [0.25, 0.3) is 5.91 Å². The molecule has 0 bridgehead atoms. The minimum atomic E-state index is -0.221. The van der Waals surface area contributed by atoms with E-state index in [1.807, 2.05) is 73.7 Å². The number of carbonyl (C=O) groups is 1. The van der Waals surface area contributed by atoms with E-state index in [0.717, 1.165) is 31.6 Å². The second-order valence-corrected chi connectivity index (χ2v) is 8.11. The van der Waals surface area contributed by atoms with Crippen molar-refractivity contribution in [3.63, 3.8) is 0 Å². The third-order valence-corrected chi connectivity index (χ3v) is 5.30. The second-order valence-electron chi connectivity index (χ2n) is 6.40. The zero-order chi connectivity index (χ0) is 21.3. The number of carbonyl (C=O) groups excluding carboxylic acids is 1. The summed E-state index contributed by atoms with van der Waals surface area (Å²) in [5, 5.41) is 6.18. The van der Waals surface area contributed by atoms with Crippen molar-refractivity contribution in [3.8, 4) is 11.5 Å². The Morgan fingerprint density at radius 2 is 1.57 bits per heavy atom. The molecule has 0 fully saturated rings. The Morgan fingerprint density at radius 3 is 2.20 bits per heavy atom. The predicted octanol–water partition coefficient (Wildman–Crippen LogP) is 6.24. The zero-order valence-electron chi connectivity index (χ0n) is 16.5. The molecule has 0 saturated heterocycles. The van der Waals surface area contributed by atoms with Crippen LogP contribution in [-0.4, -0.2) is 19.1 Å². The lowest BCUT2D eigenvalue weighted by atomic mass is 10.2. The highest BCUT2D eigenvalue weighted by atomic mass is 79.9. The number of hydrogen-bond donors (Lipinski definition) is 2. The Bertz CT molecular complexity index is 956. The molecule has 3 rings (SSSR count). The topological polar surface area (TPSA) is 59.6 Å². The van der Waals surface area contributed by atoms with Gasteiger partial charge in [-0.2, -0.15) is 0 Å². The van der Waals surface area contributed by atoms with Gasteiger partial charge < -0.3 is 20.1 Å². The average molecular weight is 534 g/mol. The van der Waals surface area contributed by atoms with Crippen molar-refractivity contribution in [1.29, 1.82) is 0 Å². The van der Waals surface area contributed by atoms with Gasteiger partial charge >= 0.3 is 0 Å². The number of para-hydroxylation sites is 1. The summed E-state index contributed by atoms with van der Waals surface area (Å²) in [5.74, 6) is 1.22. The number of hydrogen-bond acceptors (Lipinski definition) is 4. The first-order valence-electron chi connectivity index (χ1n) is 9.47. The molecule has 0 aliphatic rings. The Labute approximate surface area is 193 Å². The molecule has 0 unspecified atom stereocenters. The summed E-state index contributed by atoms with van der Waals surface area (Å²) in [7, 11) is 0. The fourth-order valence-corrected chi connectivity index (χ4v) is 4.26. The molecule has 3 aromatic carbocycles. The molecule has 3 aromatic rings. The molecule has 2 N–H and O–H groups in total. The van der Waals surface area contributed by atoms with Crippen molar-refractivity contribution in [2.45, 2.75) is 13.5 Å². The van der Waals surface area contributed by atoms with E-state index >= 15 is 0 Å². The maximum absolute atomic E-state index is 12.1. The Morgan fingerprint density at radius 1 is 0.900 bits per heavy atom. The van der Waals surface area contributed by atoms with Gasteiger partial charge in [0, 0.05) is 17.9 Å². The first-order valence-corrected chi connectivity index (χ1v) is 11.1. The number of anilines is 2. The van der Waals surface area contributed by atoms with Gasteiger partial charge in [-0.3, -0.25) is 4.79 Å². The standard InChI is InChI=1S/C23H22Br2N2O3/c1-2-29-19-10-8-17(9-11-19)26-14-16-12-20(24)23(21(25)13-16)30-15-22(28)27-18-6-4-3-5-7-18/h3-13,26H,2,14-15H2,1H3,(H,27,28). The van der Waals surface area contributed by atoms with Crippen LogP contribution in [0.1, 0.15) is 12.5 Å². The first kappa shape index (κ1) is 22.2. The predicted molar refractivity (Wildman–Crippen MR) is 127 cm³/mol. The van der Waals surface area contributed by atoms with Crippen LogP contribution in [0.3, 0.4) is 0 Å². The molecule has 156 valence electrons. The molecule has 30 heavy (non-hydrogen) atoms. The average Bonchev–Trinajstić information content (AvgIpc) is 2.73. The van der Waals surface area contributed by atoms with Crippen LogP contribution < -0.4 is 20.1 Å². The third-order valence-electron chi connectivity index (χ3n) is 4.13. The highest BCUT2D eigenvalue weighted by Gasteiger charge is 2.12. The van der Waals surface area contributed by atoms with Gasteiger partial charge in [0.15, 0.2) is 6.61 Å². The molecule has 0 radical (unpaired) electrons. The van der Waals surface area contributed by atoms with Crippen molar-refractivity contribution in [3.05, 3.63) is 81.2 Å². The summed E-state index contributed by atoms with van der Waals surface area (Å²) in [5.41, 5.74) is 2.80. The zero-order valence-corrected chi connectivity index (χ0v) is 19.6. The van der Waals surface area contributed by atoms with E-state index in [1.165, 1.54) is 0 Å². The van der Waals surface area contributed by atoms with E-state index in [-0.39, 0.29) is 12.5 Å². The highest BCUT2D eigenvalue weighted by molar-refractivity contribution is 9.11. The van der Waals surface area contributed by atoms with Gasteiger partial charge in [0.05, 0.1) is 15.6 Å². The van der Waals surface area contributed by atoms with Crippen molar-refractivity contribution < 1.29 is 14.3 Å². The van der Waals surface area contributed by atoms with E-state index in [2.05, 4.69) is 42.5 Å². The molecular formula is C23H22Br2N2O3. The number of nitrogens with one attached hydrogen (secondary N) is 2. The number of ether oxygens (including phenoxy) is 2. The van der Waals surface area contributed by atoms with Crippen molar-refractivity contribution in [1.82, 2.24) is 0 Å². The Kier molecular flexibility index (Phi) is 8.16. The van der Waals surface area contributed by atoms with E-state index in [4.69, 9.17) is 9.47 Å². The summed E-state index contributed by atoms with van der Waals surface area (Å²) in [6.07, 6.45) is 0. The van der Waals surface area contributed by atoms with Crippen LogP contribution in [-0.2, 0) is 11.3 Å². The van der Waals surface area contributed by atoms with Gasteiger partial charge in [-0.25, -0.2) is 0 Å². The molecule has 1 amide bonds. The first-order chi connectivity index (χ1) is 14.5. The van der Waals surface area contributed by atoms with Crippen molar-refractivity contribution in [2.75, 3.05) is 23.8 Å². The Hall–Kier alpha value is -2.51. The van der Waals surface area contributed by atoms with Gasteiger partial charge in [-0.1, -0.05) is 18.2 Å². The fraction of sp³-hybridized carbons (Fsp3) is 0.174. The second kappa shape index (κ2) is 11.0. The van der Waals surface area contributed by atoms with Crippen LogP contribution in [0.4, 0.5) is 11.4 Å². The van der Waals surface area contributed by atoms with Gasteiger partial charge in [0.2, 0.25) is 0 Å². The minimum absolute atomic E-state index is 0.0874. The third kappa shape index (κ3) is 6.50. The lowest BCUT2D eigenvalue weighted by Crippen LogP contribution is -2.20. The molecule has 7 heteroatoms. The largest absolute Gasteiger partial charge is 0.494 e. The van der Waals surface area contributed by atoms with E-state index in [0.29, 0.717) is 18.9 Å². The van der Waals surface area contributed by atoms with E-state index in [9.17, 15) is 4.79 Å². The van der Waals surface area contributed by atoms with Crippen LogP contribution >= 0.6 is 31.9 Å². The molecule has 0 spiro atoms. The number of rotatable bonds is 9. The normalized spacial score (nSPS) is 10.4. The van der Waals surface area contributed by atoms with E-state index in [1.54, 1.807) is 0 Å². The van der Waals surface area contributed by atoms with Crippen LogP contribution in [0.15, 0.2) is 75.7 Å². The van der Waals surface area contributed by atoms with Crippen LogP contribution in [0.5, 0.6) is 11.5 Å². The molecule has 0 aromatic heterocycles. The molecule has 0 saturated carbocycles. The molecule has 0 aliphatic heterocycles. The van der Waals surface area contributed by atoms with Crippen molar-refractivity contribution >= 4 is 49.1 Å². The highest BCUT2D eigenvalue weighted by Crippen LogP contribution is 2.35. The maximum atomic E-state index is 12.1. The lowest BCUT2D eigenvalue weighted by Gasteiger charge is -2.13. The molecule has 5 nitrogen and oxygen atoms in total. The van der Waals surface area contributed by atoms with Gasteiger partial charge in [-0.05, 0) is 92.9 Å². The van der Waals surface area contributed by atoms with Crippen LogP contribution in [0.25, 0.3) is 0 Å². The van der Waals surface area contributed by atoms with Crippen molar-refractivity contribution in [2.24, 2.45) is 0 Å². The van der Waals surface area contributed by atoms with Gasteiger partial charge in [-0.15, -0.1) is 0 Å². The van der Waals surface area contributed by atoms with Gasteiger partial charge in [0.1, 0.15) is 11.5 Å². The summed E-state index contributed by atoms with van der Waals surface area (Å²) in [4.78, 5) is 12.1. The number of amides is 1. The quantitative estimate of drug-likeness (QED) is 0.342. The van der Waals surface area contributed by atoms with Crippen LogP contribution in [0, 0.1) is 0 Å². The monoisotopic (exact) mass is 532 g/mol. The molecule has 0 aliphatic carbocycles. The summed E-state index contributed by atoms with van der Waals surface area (Å²) >= 11 is 7.07.